The molecule has 0 atom stereocenters. The molecule has 1 aromatic heterocycles. The van der Waals surface area contributed by atoms with Gasteiger partial charge in [-0.3, -0.25) is 0 Å². The molecule has 0 aliphatic carbocycles. The van der Waals surface area contributed by atoms with Crippen LogP contribution in [0.5, 0.6) is 0 Å². The fourth-order valence-electron chi connectivity index (χ4n) is 3.50. The number of nitrogens with one attached hydrogen (secondary N) is 1. The number of carbonyl (C=O) groups excluding carboxylic acids is 1. The van der Waals surface area contributed by atoms with E-state index in [1.54, 1.807) is 0 Å². The lowest BCUT2D eigenvalue weighted by atomic mass is 9.80. The molecular formula is C17H22N4O4. The molecule has 2 amide bonds. The maximum atomic E-state index is 12.6. The van der Waals surface area contributed by atoms with Gasteiger partial charge in [0.25, 0.3) is 0 Å². The Hall–Kier alpha value is -2.19. The third-order valence-corrected chi connectivity index (χ3v) is 5.04. The van der Waals surface area contributed by atoms with E-state index in [1.165, 1.54) is 0 Å². The molecule has 2 saturated heterocycles. The van der Waals surface area contributed by atoms with E-state index in [0.29, 0.717) is 43.9 Å². The third kappa shape index (κ3) is 3.59. The second-order valence-electron chi connectivity index (χ2n) is 6.83. The Kier molecular flexibility index (Phi) is 4.54. The molecule has 0 saturated carbocycles. The standard InChI is InChI=1S/C17H22N4O4/c22-16(18-10-13-1-2-14-15(9-13)20-25-19-14)21-5-8-24-12-17(11-21)3-6-23-7-4-17/h1-2,9H,3-8,10-12H2,(H,18,22). The summed E-state index contributed by atoms with van der Waals surface area (Å²) in [4.78, 5) is 14.5. The van der Waals surface area contributed by atoms with E-state index in [9.17, 15) is 4.79 Å². The summed E-state index contributed by atoms with van der Waals surface area (Å²) in [6.07, 6.45) is 1.87. The van der Waals surface area contributed by atoms with Crippen molar-refractivity contribution in [3.05, 3.63) is 23.8 Å². The summed E-state index contributed by atoms with van der Waals surface area (Å²) in [5.41, 5.74) is 2.39. The molecule has 8 heteroatoms. The van der Waals surface area contributed by atoms with Crippen LogP contribution in [0.4, 0.5) is 4.79 Å². The van der Waals surface area contributed by atoms with Gasteiger partial charge in [-0.2, -0.15) is 0 Å². The predicted octanol–water partition coefficient (Wildman–Crippen LogP) is 1.56. The van der Waals surface area contributed by atoms with Gasteiger partial charge in [-0.15, -0.1) is 0 Å². The summed E-state index contributed by atoms with van der Waals surface area (Å²) >= 11 is 0. The van der Waals surface area contributed by atoms with E-state index >= 15 is 0 Å². The lowest BCUT2D eigenvalue weighted by molar-refractivity contribution is -0.0295. The Morgan fingerprint density at radius 2 is 2.00 bits per heavy atom. The van der Waals surface area contributed by atoms with E-state index in [1.807, 2.05) is 23.1 Å². The average Bonchev–Trinajstić information content (AvgIpc) is 3.01. The van der Waals surface area contributed by atoms with Crippen LogP contribution in [0, 0.1) is 5.41 Å². The highest BCUT2D eigenvalue weighted by Gasteiger charge is 2.37. The van der Waals surface area contributed by atoms with E-state index in [0.717, 1.165) is 31.6 Å². The molecule has 0 bridgehead atoms. The van der Waals surface area contributed by atoms with Gasteiger partial charge < -0.3 is 19.7 Å². The fourth-order valence-corrected chi connectivity index (χ4v) is 3.50. The zero-order valence-electron chi connectivity index (χ0n) is 14.1. The van der Waals surface area contributed by atoms with E-state index in [-0.39, 0.29) is 11.4 Å². The zero-order valence-corrected chi connectivity index (χ0v) is 14.1. The van der Waals surface area contributed by atoms with Gasteiger partial charge in [-0.05, 0) is 40.9 Å². The first-order valence-corrected chi connectivity index (χ1v) is 8.64. The Morgan fingerprint density at radius 1 is 1.16 bits per heavy atom. The highest BCUT2D eigenvalue weighted by atomic mass is 16.6. The minimum Gasteiger partial charge on any atom is -0.381 e. The lowest BCUT2D eigenvalue weighted by Gasteiger charge is -2.38. The fraction of sp³-hybridized carbons (Fsp3) is 0.588. The normalized spacial score (nSPS) is 20.6. The molecule has 2 aromatic rings. The maximum Gasteiger partial charge on any atom is 0.317 e. The predicted molar refractivity (Wildman–Crippen MR) is 88.9 cm³/mol. The Labute approximate surface area is 145 Å². The second kappa shape index (κ2) is 6.97. The number of amides is 2. The summed E-state index contributed by atoms with van der Waals surface area (Å²) in [5, 5.41) is 10.6. The average molecular weight is 346 g/mol. The first-order chi connectivity index (χ1) is 12.2. The maximum absolute atomic E-state index is 12.6. The van der Waals surface area contributed by atoms with Gasteiger partial charge in [-0.1, -0.05) is 6.07 Å². The number of nitrogens with zero attached hydrogens (tertiary/aromatic N) is 3. The first-order valence-electron chi connectivity index (χ1n) is 8.64. The van der Waals surface area contributed by atoms with Crippen molar-refractivity contribution in [2.24, 2.45) is 5.41 Å². The Morgan fingerprint density at radius 3 is 2.88 bits per heavy atom. The van der Waals surface area contributed by atoms with Crippen LogP contribution in [0.25, 0.3) is 11.0 Å². The molecule has 0 radical (unpaired) electrons. The topological polar surface area (TPSA) is 89.7 Å². The minimum absolute atomic E-state index is 0.0252. The minimum atomic E-state index is -0.0604. The third-order valence-electron chi connectivity index (χ3n) is 5.04. The summed E-state index contributed by atoms with van der Waals surface area (Å²) in [6, 6.07) is 5.56. The number of benzene rings is 1. The number of hydrogen-bond donors (Lipinski definition) is 1. The van der Waals surface area contributed by atoms with Crippen LogP contribution in [0.2, 0.25) is 0 Å². The molecule has 2 fully saturated rings. The number of hydrogen-bond acceptors (Lipinski definition) is 6. The molecule has 1 aromatic carbocycles. The van der Waals surface area contributed by atoms with Crippen LogP contribution in [0.3, 0.4) is 0 Å². The molecule has 1 N–H and O–H groups in total. The zero-order chi connectivity index (χ0) is 17.1. The van der Waals surface area contributed by atoms with Crippen LogP contribution >= 0.6 is 0 Å². The smallest absolute Gasteiger partial charge is 0.317 e. The van der Waals surface area contributed by atoms with Gasteiger partial charge >= 0.3 is 6.03 Å². The van der Waals surface area contributed by atoms with Crippen molar-refractivity contribution < 1.29 is 18.9 Å². The highest BCUT2D eigenvalue weighted by molar-refractivity contribution is 5.75. The summed E-state index contributed by atoms with van der Waals surface area (Å²) in [5.74, 6) is 0. The van der Waals surface area contributed by atoms with E-state index in [2.05, 4.69) is 15.6 Å². The molecule has 134 valence electrons. The van der Waals surface area contributed by atoms with Crippen molar-refractivity contribution in [2.45, 2.75) is 19.4 Å². The van der Waals surface area contributed by atoms with Gasteiger partial charge in [0.1, 0.15) is 11.0 Å². The number of carbonyl (C=O) groups is 1. The molecule has 2 aliphatic heterocycles. The van der Waals surface area contributed by atoms with Crippen molar-refractivity contribution in [3.63, 3.8) is 0 Å². The van der Waals surface area contributed by atoms with Crippen molar-refractivity contribution in [2.75, 3.05) is 39.5 Å². The molecule has 1 spiro atoms. The summed E-state index contributed by atoms with van der Waals surface area (Å²) in [6.45, 7) is 4.53. The lowest BCUT2D eigenvalue weighted by Crippen LogP contribution is -2.47. The first kappa shape index (κ1) is 16.3. The van der Waals surface area contributed by atoms with Crippen LogP contribution in [-0.4, -0.2) is 60.8 Å². The molecule has 3 heterocycles. The van der Waals surface area contributed by atoms with Crippen molar-refractivity contribution in [1.82, 2.24) is 20.5 Å². The molecular weight excluding hydrogens is 324 g/mol. The number of urea groups is 1. The monoisotopic (exact) mass is 346 g/mol. The van der Waals surface area contributed by atoms with Gasteiger partial charge in [0.05, 0.1) is 13.2 Å². The molecule has 0 unspecified atom stereocenters. The van der Waals surface area contributed by atoms with Gasteiger partial charge in [-0.25, -0.2) is 9.42 Å². The molecule has 8 nitrogen and oxygen atoms in total. The van der Waals surface area contributed by atoms with Crippen LogP contribution in [0.1, 0.15) is 18.4 Å². The highest BCUT2D eigenvalue weighted by Crippen LogP contribution is 2.33. The van der Waals surface area contributed by atoms with Gasteiger partial charge in [0.2, 0.25) is 0 Å². The van der Waals surface area contributed by atoms with Crippen LogP contribution in [0.15, 0.2) is 22.8 Å². The SMILES string of the molecule is O=C(NCc1ccc2nonc2c1)N1CCOCC2(CCOCC2)C1. The second-order valence-corrected chi connectivity index (χ2v) is 6.83. The number of ether oxygens (including phenoxy) is 2. The summed E-state index contributed by atoms with van der Waals surface area (Å²) in [7, 11) is 0. The van der Waals surface area contributed by atoms with Crippen LogP contribution in [-0.2, 0) is 16.0 Å². The largest absolute Gasteiger partial charge is 0.381 e. The molecule has 2 aliphatic rings. The number of rotatable bonds is 2. The van der Waals surface area contributed by atoms with Crippen molar-refractivity contribution in [1.29, 1.82) is 0 Å². The van der Waals surface area contributed by atoms with Crippen molar-refractivity contribution >= 4 is 17.1 Å². The van der Waals surface area contributed by atoms with Crippen molar-refractivity contribution in [3.8, 4) is 0 Å². The Bertz CT molecular complexity index is 741. The van der Waals surface area contributed by atoms with E-state index < -0.39 is 0 Å². The molecule has 25 heavy (non-hydrogen) atoms. The number of fused-ring (bicyclic) bond motifs is 1. The van der Waals surface area contributed by atoms with Gasteiger partial charge in [0, 0.05) is 38.3 Å². The number of aromatic nitrogens is 2. The molecule has 4 rings (SSSR count). The summed E-state index contributed by atoms with van der Waals surface area (Å²) < 4.78 is 15.9. The van der Waals surface area contributed by atoms with E-state index in [4.69, 9.17) is 14.1 Å². The quantitative estimate of drug-likeness (QED) is 0.888. The van der Waals surface area contributed by atoms with Crippen LogP contribution < -0.4 is 5.32 Å². The Balaban J connectivity index is 1.39. The van der Waals surface area contributed by atoms with Gasteiger partial charge in [0.15, 0.2) is 0 Å².